The van der Waals surface area contributed by atoms with Gasteiger partial charge in [-0.3, -0.25) is 4.99 Å². The van der Waals surface area contributed by atoms with E-state index in [4.69, 9.17) is 4.74 Å². The summed E-state index contributed by atoms with van der Waals surface area (Å²) in [5.41, 5.74) is 1.74. The molecule has 2 aliphatic heterocycles. The number of rotatable bonds is 3. The van der Waals surface area contributed by atoms with Crippen LogP contribution >= 0.6 is 0 Å². The van der Waals surface area contributed by atoms with Gasteiger partial charge >= 0.3 is 0 Å². The molecule has 2 atom stereocenters. The van der Waals surface area contributed by atoms with E-state index < -0.39 is 0 Å². The molecule has 23 heavy (non-hydrogen) atoms. The molecule has 2 heterocycles. The fourth-order valence-electron chi connectivity index (χ4n) is 3.71. The van der Waals surface area contributed by atoms with Crippen molar-refractivity contribution in [2.75, 3.05) is 39.9 Å². The lowest BCUT2D eigenvalue weighted by molar-refractivity contribution is -0.0973. The van der Waals surface area contributed by atoms with Gasteiger partial charge in [-0.25, -0.2) is 0 Å². The topological polar surface area (TPSA) is 36.9 Å². The van der Waals surface area contributed by atoms with Gasteiger partial charge in [0.15, 0.2) is 5.96 Å². The maximum Gasteiger partial charge on any atom is 0.193 e. The Hall–Kier alpha value is -1.55. The van der Waals surface area contributed by atoms with E-state index in [1.165, 1.54) is 12.0 Å². The summed E-state index contributed by atoms with van der Waals surface area (Å²) in [6, 6.07) is 10.9. The number of hydrogen-bond acceptors (Lipinski definition) is 2. The highest BCUT2D eigenvalue weighted by Gasteiger charge is 2.34. The van der Waals surface area contributed by atoms with E-state index >= 15 is 0 Å². The fraction of sp³-hybridized carbons (Fsp3) is 0.632. The first kappa shape index (κ1) is 16.3. The molecule has 4 heteroatoms. The van der Waals surface area contributed by atoms with Gasteiger partial charge in [-0.15, -0.1) is 0 Å². The van der Waals surface area contributed by atoms with Gasteiger partial charge in [0.1, 0.15) is 0 Å². The van der Waals surface area contributed by atoms with Crippen molar-refractivity contribution in [1.29, 1.82) is 0 Å². The SMILES string of the molecule is CN=C(NCC1(C)COC1)N1CCC(c2ccccc2)C(C)C1. The third kappa shape index (κ3) is 3.69. The average Bonchev–Trinajstić information content (AvgIpc) is 2.54. The average molecular weight is 315 g/mol. The van der Waals surface area contributed by atoms with Crippen LogP contribution in [0, 0.1) is 11.3 Å². The van der Waals surface area contributed by atoms with Crippen LogP contribution in [0.25, 0.3) is 0 Å². The van der Waals surface area contributed by atoms with Gasteiger partial charge in [-0.2, -0.15) is 0 Å². The summed E-state index contributed by atoms with van der Waals surface area (Å²) >= 11 is 0. The lowest BCUT2D eigenvalue weighted by Gasteiger charge is -2.42. The summed E-state index contributed by atoms with van der Waals surface area (Å²) < 4.78 is 5.34. The molecule has 2 aliphatic rings. The summed E-state index contributed by atoms with van der Waals surface area (Å²) in [6.07, 6.45) is 1.19. The molecule has 0 bridgehead atoms. The largest absolute Gasteiger partial charge is 0.380 e. The van der Waals surface area contributed by atoms with Gasteiger partial charge in [0.05, 0.1) is 13.2 Å². The molecule has 0 amide bonds. The Bertz CT molecular complexity index is 539. The first-order valence-electron chi connectivity index (χ1n) is 8.69. The van der Waals surface area contributed by atoms with E-state index in [-0.39, 0.29) is 5.41 Å². The molecular weight excluding hydrogens is 286 g/mol. The van der Waals surface area contributed by atoms with Crippen molar-refractivity contribution >= 4 is 5.96 Å². The predicted octanol–water partition coefficient (Wildman–Crippen LogP) is 2.72. The Morgan fingerprint density at radius 3 is 2.65 bits per heavy atom. The van der Waals surface area contributed by atoms with E-state index in [0.29, 0.717) is 11.8 Å². The summed E-state index contributed by atoms with van der Waals surface area (Å²) in [5.74, 6) is 2.33. The molecular formula is C19H29N3O. The Labute approximate surface area is 139 Å². The molecule has 126 valence electrons. The minimum Gasteiger partial charge on any atom is -0.380 e. The number of hydrogen-bond donors (Lipinski definition) is 1. The van der Waals surface area contributed by atoms with Crippen molar-refractivity contribution in [3.05, 3.63) is 35.9 Å². The summed E-state index contributed by atoms with van der Waals surface area (Å²) in [7, 11) is 1.88. The number of ether oxygens (including phenoxy) is 1. The lowest BCUT2D eigenvalue weighted by atomic mass is 9.81. The van der Waals surface area contributed by atoms with Crippen LogP contribution in [0.1, 0.15) is 31.7 Å². The monoisotopic (exact) mass is 315 g/mol. The summed E-state index contributed by atoms with van der Waals surface area (Å²) in [4.78, 5) is 6.91. The first-order chi connectivity index (χ1) is 11.1. The molecule has 1 aromatic carbocycles. The minimum absolute atomic E-state index is 0.268. The normalized spacial score (nSPS) is 27.4. The maximum absolute atomic E-state index is 5.34. The number of likely N-dealkylation sites (tertiary alicyclic amines) is 1. The van der Waals surface area contributed by atoms with E-state index in [0.717, 1.165) is 38.8 Å². The zero-order chi connectivity index (χ0) is 16.3. The van der Waals surface area contributed by atoms with Crippen LogP contribution in [0.5, 0.6) is 0 Å². The smallest absolute Gasteiger partial charge is 0.193 e. The highest BCUT2D eigenvalue weighted by Crippen LogP contribution is 2.32. The highest BCUT2D eigenvalue weighted by atomic mass is 16.5. The third-order valence-corrected chi connectivity index (χ3v) is 5.22. The molecule has 0 aliphatic carbocycles. The van der Waals surface area contributed by atoms with Crippen LogP contribution in [0.15, 0.2) is 35.3 Å². The Morgan fingerprint density at radius 2 is 2.09 bits per heavy atom. The molecule has 0 saturated carbocycles. The number of piperidine rings is 1. The molecule has 4 nitrogen and oxygen atoms in total. The number of guanidine groups is 1. The molecule has 0 aromatic heterocycles. The molecule has 1 N–H and O–H groups in total. The van der Waals surface area contributed by atoms with Crippen molar-refractivity contribution in [1.82, 2.24) is 10.2 Å². The van der Waals surface area contributed by atoms with E-state index in [1.54, 1.807) is 0 Å². The standard InChI is InChI=1S/C19H29N3O/c1-15-11-22(10-9-17(15)16-7-5-4-6-8-16)18(20-3)21-12-19(2)13-23-14-19/h4-8,15,17H,9-14H2,1-3H3,(H,20,21). The molecule has 0 spiro atoms. The molecule has 1 aromatic rings. The van der Waals surface area contributed by atoms with Gasteiger partial charge in [0, 0.05) is 32.1 Å². The number of nitrogens with one attached hydrogen (secondary N) is 1. The Kier molecular flexibility index (Phi) is 4.90. The highest BCUT2D eigenvalue weighted by molar-refractivity contribution is 5.80. The van der Waals surface area contributed by atoms with E-state index in [2.05, 4.69) is 59.4 Å². The third-order valence-electron chi connectivity index (χ3n) is 5.22. The zero-order valence-electron chi connectivity index (χ0n) is 14.6. The fourth-order valence-corrected chi connectivity index (χ4v) is 3.71. The van der Waals surface area contributed by atoms with E-state index in [1.807, 2.05) is 7.05 Å². The second-order valence-electron chi connectivity index (χ2n) is 7.43. The van der Waals surface area contributed by atoms with Gasteiger partial charge in [-0.1, -0.05) is 44.2 Å². The van der Waals surface area contributed by atoms with Gasteiger partial charge in [-0.05, 0) is 23.8 Å². The second-order valence-corrected chi connectivity index (χ2v) is 7.43. The van der Waals surface area contributed by atoms with Gasteiger partial charge in [0.2, 0.25) is 0 Å². The summed E-state index contributed by atoms with van der Waals surface area (Å²) in [6.45, 7) is 9.39. The summed E-state index contributed by atoms with van der Waals surface area (Å²) in [5, 5.41) is 3.55. The van der Waals surface area contributed by atoms with Crippen LogP contribution < -0.4 is 5.32 Å². The zero-order valence-corrected chi connectivity index (χ0v) is 14.6. The van der Waals surface area contributed by atoms with Crippen molar-refractivity contribution < 1.29 is 4.74 Å². The van der Waals surface area contributed by atoms with Crippen molar-refractivity contribution in [3.8, 4) is 0 Å². The van der Waals surface area contributed by atoms with Crippen LogP contribution in [-0.2, 0) is 4.74 Å². The van der Waals surface area contributed by atoms with E-state index in [9.17, 15) is 0 Å². The van der Waals surface area contributed by atoms with Gasteiger partial charge in [0.25, 0.3) is 0 Å². The Morgan fingerprint density at radius 1 is 1.35 bits per heavy atom. The maximum atomic E-state index is 5.34. The lowest BCUT2D eigenvalue weighted by Crippen LogP contribution is -2.53. The van der Waals surface area contributed by atoms with Crippen LogP contribution in [0.3, 0.4) is 0 Å². The van der Waals surface area contributed by atoms with Gasteiger partial charge < -0.3 is 15.0 Å². The van der Waals surface area contributed by atoms with Crippen molar-refractivity contribution in [2.45, 2.75) is 26.2 Å². The molecule has 2 unspecified atom stereocenters. The van der Waals surface area contributed by atoms with Crippen molar-refractivity contribution in [3.63, 3.8) is 0 Å². The first-order valence-corrected chi connectivity index (χ1v) is 8.69. The number of nitrogens with zero attached hydrogens (tertiary/aromatic N) is 2. The molecule has 2 saturated heterocycles. The number of aliphatic imine (C=N–C) groups is 1. The minimum atomic E-state index is 0.268. The quantitative estimate of drug-likeness (QED) is 0.688. The second kappa shape index (κ2) is 6.91. The van der Waals surface area contributed by atoms with Crippen LogP contribution in [0.4, 0.5) is 0 Å². The van der Waals surface area contributed by atoms with Crippen LogP contribution in [-0.4, -0.2) is 50.8 Å². The predicted molar refractivity (Wildman–Crippen MR) is 94.8 cm³/mol. The van der Waals surface area contributed by atoms with Crippen molar-refractivity contribution in [2.24, 2.45) is 16.3 Å². The molecule has 2 fully saturated rings. The Balaban J connectivity index is 1.57. The number of benzene rings is 1. The van der Waals surface area contributed by atoms with Crippen LogP contribution in [0.2, 0.25) is 0 Å². The molecule has 0 radical (unpaired) electrons. The molecule has 3 rings (SSSR count).